The number of nitrogens with zero attached hydrogens (tertiary/aromatic N) is 2. The molecule has 1 aromatic heterocycles. The first-order valence-corrected chi connectivity index (χ1v) is 10.1. The van der Waals surface area contributed by atoms with E-state index in [-0.39, 0.29) is 6.10 Å². The molecule has 29 heavy (non-hydrogen) atoms. The number of benzene rings is 2. The molecule has 3 aromatic rings. The normalized spacial score (nSPS) is 17.1. The molecular formula is C23H27N3O3. The lowest BCUT2D eigenvalue weighted by Gasteiger charge is -2.17. The largest absolute Gasteiger partial charge is 0.392 e. The molecule has 3 N–H and O–H groups in total. The Morgan fingerprint density at radius 2 is 1.90 bits per heavy atom. The van der Waals surface area contributed by atoms with Crippen LogP contribution in [0.2, 0.25) is 0 Å². The van der Waals surface area contributed by atoms with Crippen molar-refractivity contribution in [2.45, 2.75) is 32.4 Å². The van der Waals surface area contributed by atoms with E-state index in [0.29, 0.717) is 5.56 Å². The molecule has 4 rings (SSSR count). The van der Waals surface area contributed by atoms with Crippen molar-refractivity contribution in [3.8, 4) is 0 Å². The van der Waals surface area contributed by atoms with Gasteiger partial charge in [0.25, 0.3) is 5.91 Å². The van der Waals surface area contributed by atoms with Gasteiger partial charge in [-0.3, -0.25) is 14.9 Å². The molecule has 6 nitrogen and oxygen atoms in total. The summed E-state index contributed by atoms with van der Waals surface area (Å²) in [5.74, 6) is -0.503. The molecule has 2 heterocycles. The molecule has 1 aliphatic rings. The molecule has 1 amide bonds. The van der Waals surface area contributed by atoms with Crippen LogP contribution in [0.25, 0.3) is 10.9 Å². The van der Waals surface area contributed by atoms with Crippen LogP contribution in [-0.2, 0) is 13.0 Å². The van der Waals surface area contributed by atoms with Crippen LogP contribution in [0.15, 0.2) is 48.5 Å². The fourth-order valence-corrected chi connectivity index (χ4v) is 4.31. The number of hydrogen-bond donors (Lipinski definition) is 3. The Kier molecular flexibility index (Phi) is 5.67. The maximum atomic E-state index is 11.5. The number of β-amino-alcohol motifs (C(OH)–C–C–N with tert-alkyl or cyclic N) is 1. The monoisotopic (exact) mass is 393 g/mol. The molecule has 1 fully saturated rings. The topological polar surface area (TPSA) is 77.7 Å². The number of hydrogen-bond acceptors (Lipinski definition) is 4. The quantitative estimate of drug-likeness (QED) is 0.445. The van der Waals surface area contributed by atoms with Gasteiger partial charge in [-0.05, 0) is 49.1 Å². The molecule has 2 aromatic carbocycles. The number of aromatic nitrogens is 1. The first kappa shape index (κ1) is 19.6. The number of hydroxylamine groups is 1. The van der Waals surface area contributed by atoms with Gasteiger partial charge in [-0.15, -0.1) is 0 Å². The van der Waals surface area contributed by atoms with Crippen molar-refractivity contribution in [3.63, 3.8) is 0 Å². The summed E-state index contributed by atoms with van der Waals surface area (Å²) in [6.45, 7) is 5.72. The van der Waals surface area contributed by atoms with Crippen LogP contribution in [-0.4, -0.2) is 51.4 Å². The Labute approximate surface area is 170 Å². The zero-order valence-electron chi connectivity index (χ0n) is 16.6. The summed E-state index contributed by atoms with van der Waals surface area (Å²) in [5.41, 5.74) is 7.00. The van der Waals surface area contributed by atoms with Crippen LogP contribution >= 0.6 is 0 Å². The molecule has 0 spiro atoms. The van der Waals surface area contributed by atoms with Crippen LogP contribution < -0.4 is 5.48 Å². The second kappa shape index (κ2) is 8.37. The number of nitrogens with one attached hydrogen (secondary N) is 1. The van der Waals surface area contributed by atoms with Gasteiger partial charge in [0.2, 0.25) is 0 Å². The summed E-state index contributed by atoms with van der Waals surface area (Å²) < 4.78 is 2.38. The zero-order chi connectivity index (χ0) is 20.4. The summed E-state index contributed by atoms with van der Waals surface area (Å²) in [4.78, 5) is 13.9. The molecule has 0 saturated carbocycles. The van der Waals surface area contributed by atoms with Gasteiger partial charge < -0.3 is 9.67 Å². The van der Waals surface area contributed by atoms with E-state index in [4.69, 9.17) is 5.21 Å². The average Bonchev–Trinajstić information content (AvgIpc) is 3.27. The second-order valence-corrected chi connectivity index (χ2v) is 7.79. The van der Waals surface area contributed by atoms with Crippen LogP contribution in [0, 0.1) is 6.92 Å². The highest BCUT2D eigenvalue weighted by atomic mass is 16.5. The number of fused-ring (bicyclic) bond motifs is 1. The van der Waals surface area contributed by atoms with Crippen LogP contribution in [0.4, 0.5) is 0 Å². The first-order valence-electron chi connectivity index (χ1n) is 10.1. The number of amides is 1. The lowest BCUT2D eigenvalue weighted by Crippen LogP contribution is -2.26. The molecule has 6 heteroatoms. The summed E-state index contributed by atoms with van der Waals surface area (Å²) in [7, 11) is 0. The highest BCUT2D eigenvalue weighted by molar-refractivity contribution is 5.93. The number of likely N-dealkylation sites (tertiary alicyclic amines) is 1. The van der Waals surface area contributed by atoms with E-state index in [1.165, 1.54) is 22.2 Å². The van der Waals surface area contributed by atoms with Gasteiger partial charge in [0, 0.05) is 48.3 Å². The Morgan fingerprint density at radius 1 is 1.14 bits per heavy atom. The summed E-state index contributed by atoms with van der Waals surface area (Å²) in [6, 6.07) is 15.8. The standard InChI is InChI=1S/C23H27N3O3/c1-16-21(14-17-6-8-18(9-7-17)23(28)24-29)20-4-2-3-5-22(20)26(16)13-12-25-11-10-19(27)15-25/h2-9,19,27,29H,10-15H2,1H3,(H,24,28). The molecular weight excluding hydrogens is 366 g/mol. The molecule has 0 radical (unpaired) electrons. The molecule has 0 aliphatic carbocycles. The number of aliphatic hydroxyl groups is 1. The second-order valence-electron chi connectivity index (χ2n) is 7.79. The lowest BCUT2D eigenvalue weighted by atomic mass is 10.0. The Balaban J connectivity index is 1.59. The van der Waals surface area contributed by atoms with Gasteiger partial charge in [0.1, 0.15) is 0 Å². The fraction of sp³-hybridized carbons (Fsp3) is 0.348. The van der Waals surface area contributed by atoms with Gasteiger partial charge in [0.05, 0.1) is 6.10 Å². The van der Waals surface area contributed by atoms with Crippen molar-refractivity contribution in [1.29, 1.82) is 0 Å². The maximum Gasteiger partial charge on any atom is 0.274 e. The van der Waals surface area contributed by atoms with E-state index in [2.05, 4.69) is 40.7 Å². The lowest BCUT2D eigenvalue weighted by molar-refractivity contribution is 0.0706. The molecule has 0 bridgehead atoms. The number of para-hydroxylation sites is 1. The van der Waals surface area contributed by atoms with Crippen molar-refractivity contribution >= 4 is 16.8 Å². The van der Waals surface area contributed by atoms with Gasteiger partial charge in [0.15, 0.2) is 0 Å². The summed E-state index contributed by atoms with van der Waals surface area (Å²) >= 11 is 0. The summed E-state index contributed by atoms with van der Waals surface area (Å²) in [5, 5.41) is 19.8. The highest BCUT2D eigenvalue weighted by Gasteiger charge is 2.21. The van der Waals surface area contributed by atoms with E-state index in [9.17, 15) is 9.90 Å². The van der Waals surface area contributed by atoms with Crippen molar-refractivity contribution < 1.29 is 15.1 Å². The highest BCUT2D eigenvalue weighted by Crippen LogP contribution is 2.28. The predicted molar refractivity (Wildman–Crippen MR) is 112 cm³/mol. The first-order chi connectivity index (χ1) is 14.1. The zero-order valence-corrected chi connectivity index (χ0v) is 16.6. The fourth-order valence-electron chi connectivity index (χ4n) is 4.31. The van der Waals surface area contributed by atoms with E-state index in [1.54, 1.807) is 17.6 Å². The summed E-state index contributed by atoms with van der Waals surface area (Å²) in [6.07, 6.45) is 1.45. The van der Waals surface area contributed by atoms with E-state index in [1.807, 2.05) is 12.1 Å². The number of rotatable bonds is 6. The van der Waals surface area contributed by atoms with Crippen LogP contribution in [0.1, 0.15) is 33.6 Å². The predicted octanol–water partition coefficient (Wildman–Crippen LogP) is 2.73. The molecule has 152 valence electrons. The molecule has 1 saturated heterocycles. The molecule has 1 atom stereocenters. The van der Waals surface area contributed by atoms with Crippen molar-refractivity contribution in [1.82, 2.24) is 14.9 Å². The molecule has 1 unspecified atom stereocenters. The maximum absolute atomic E-state index is 11.5. The Morgan fingerprint density at radius 3 is 2.59 bits per heavy atom. The third-order valence-electron chi connectivity index (χ3n) is 5.95. The minimum atomic E-state index is -0.503. The van der Waals surface area contributed by atoms with Crippen molar-refractivity contribution in [2.75, 3.05) is 19.6 Å². The average molecular weight is 393 g/mol. The minimum Gasteiger partial charge on any atom is -0.392 e. The van der Waals surface area contributed by atoms with Crippen LogP contribution in [0.5, 0.6) is 0 Å². The third-order valence-corrected chi connectivity index (χ3v) is 5.95. The third kappa shape index (κ3) is 4.05. The Hall–Kier alpha value is -2.67. The van der Waals surface area contributed by atoms with Gasteiger partial charge in [-0.25, -0.2) is 5.48 Å². The smallest absolute Gasteiger partial charge is 0.274 e. The van der Waals surface area contributed by atoms with E-state index < -0.39 is 5.91 Å². The Bertz CT molecular complexity index is 1010. The van der Waals surface area contributed by atoms with Gasteiger partial charge >= 0.3 is 0 Å². The number of carbonyl (C=O) groups excluding carboxylic acids is 1. The van der Waals surface area contributed by atoms with Crippen LogP contribution in [0.3, 0.4) is 0 Å². The minimum absolute atomic E-state index is 0.191. The van der Waals surface area contributed by atoms with Crippen molar-refractivity contribution in [3.05, 3.63) is 70.9 Å². The van der Waals surface area contributed by atoms with E-state index >= 15 is 0 Å². The van der Waals surface area contributed by atoms with Gasteiger partial charge in [-0.1, -0.05) is 30.3 Å². The SMILES string of the molecule is Cc1c(Cc2ccc(C(=O)NO)cc2)c2ccccc2n1CCN1CCC(O)C1. The number of aliphatic hydroxyl groups excluding tert-OH is 1. The van der Waals surface area contributed by atoms with E-state index in [0.717, 1.165) is 44.6 Å². The van der Waals surface area contributed by atoms with Crippen molar-refractivity contribution in [2.24, 2.45) is 0 Å². The number of carbonyl (C=O) groups is 1. The molecule has 1 aliphatic heterocycles. The van der Waals surface area contributed by atoms with Gasteiger partial charge in [-0.2, -0.15) is 0 Å².